The highest BCUT2D eigenvalue weighted by Crippen LogP contribution is 2.06. The molecule has 0 aromatic heterocycles. The van der Waals surface area contributed by atoms with Gasteiger partial charge in [-0.3, -0.25) is 4.79 Å². The number of carboxylic acids is 1. The second-order valence-electron chi connectivity index (χ2n) is 5.28. The lowest BCUT2D eigenvalue weighted by Gasteiger charge is -2.28. The molecular formula is C13H22NO5+. The standard InChI is InChI=1S/C13H21NO5/c1-14(2,3)10-11(9-12(16)17)19-13(18)7-5-4-6-8-15/h5,7-8,11H,4,6,9-10H2,1-3H3/p+1. The Labute approximate surface area is 113 Å². The fourth-order valence-corrected chi connectivity index (χ4v) is 1.50. The zero-order valence-electron chi connectivity index (χ0n) is 11.7. The lowest BCUT2D eigenvalue weighted by molar-refractivity contribution is -0.873. The monoisotopic (exact) mass is 272 g/mol. The van der Waals surface area contributed by atoms with Gasteiger partial charge in [0, 0.05) is 12.5 Å². The molecule has 0 fully saturated rings. The molecule has 0 aromatic carbocycles. The number of aliphatic carboxylic acids is 1. The molecule has 6 heteroatoms. The van der Waals surface area contributed by atoms with Gasteiger partial charge in [-0.05, 0) is 6.42 Å². The van der Waals surface area contributed by atoms with E-state index in [1.807, 2.05) is 21.1 Å². The number of hydrogen-bond donors (Lipinski definition) is 1. The first-order valence-electron chi connectivity index (χ1n) is 6.07. The van der Waals surface area contributed by atoms with Crippen molar-refractivity contribution in [3.8, 4) is 0 Å². The van der Waals surface area contributed by atoms with Gasteiger partial charge in [0.25, 0.3) is 0 Å². The van der Waals surface area contributed by atoms with E-state index in [9.17, 15) is 14.4 Å². The molecule has 0 aliphatic rings. The molecular weight excluding hydrogens is 250 g/mol. The molecule has 1 N–H and O–H groups in total. The van der Waals surface area contributed by atoms with E-state index in [0.29, 0.717) is 23.9 Å². The highest BCUT2D eigenvalue weighted by molar-refractivity contribution is 5.82. The summed E-state index contributed by atoms with van der Waals surface area (Å²) in [6.45, 7) is 0.417. The van der Waals surface area contributed by atoms with Gasteiger partial charge in [0.1, 0.15) is 12.8 Å². The van der Waals surface area contributed by atoms with Crippen LogP contribution >= 0.6 is 0 Å². The largest absolute Gasteiger partial charge is 0.481 e. The van der Waals surface area contributed by atoms with Crippen molar-refractivity contribution in [3.63, 3.8) is 0 Å². The van der Waals surface area contributed by atoms with Gasteiger partial charge in [0.05, 0.1) is 27.6 Å². The molecule has 0 rings (SSSR count). The fourth-order valence-electron chi connectivity index (χ4n) is 1.50. The lowest BCUT2D eigenvalue weighted by Crippen LogP contribution is -2.43. The highest BCUT2D eigenvalue weighted by Gasteiger charge is 2.23. The molecule has 6 nitrogen and oxygen atoms in total. The summed E-state index contributed by atoms with van der Waals surface area (Å²) in [5.74, 6) is -1.58. The molecule has 0 heterocycles. The van der Waals surface area contributed by atoms with Crippen LogP contribution in [0.3, 0.4) is 0 Å². The molecule has 1 unspecified atom stereocenters. The Bertz CT molecular complexity index is 343. The minimum absolute atomic E-state index is 0.219. The van der Waals surface area contributed by atoms with E-state index in [4.69, 9.17) is 9.84 Å². The summed E-state index contributed by atoms with van der Waals surface area (Å²) in [5.41, 5.74) is 0. The Hall–Kier alpha value is -1.69. The molecule has 0 bridgehead atoms. The maximum atomic E-state index is 11.5. The molecule has 0 radical (unpaired) electrons. The summed E-state index contributed by atoms with van der Waals surface area (Å²) in [4.78, 5) is 32.3. The number of nitrogens with zero attached hydrogens (tertiary/aromatic N) is 1. The van der Waals surface area contributed by atoms with Gasteiger partial charge in [-0.2, -0.15) is 0 Å². The molecule has 0 aromatic rings. The first-order chi connectivity index (χ1) is 8.74. The van der Waals surface area contributed by atoms with Gasteiger partial charge in [0.2, 0.25) is 0 Å². The predicted octanol–water partition coefficient (Wildman–Crippen LogP) is 0.614. The van der Waals surface area contributed by atoms with Crippen LogP contribution in [-0.4, -0.2) is 61.6 Å². The number of aldehydes is 1. The van der Waals surface area contributed by atoms with Gasteiger partial charge in [-0.1, -0.05) is 6.08 Å². The SMILES string of the molecule is C[N+](C)(C)CC(CC(=O)O)OC(=O)C=CCCC=O. The highest BCUT2D eigenvalue weighted by atomic mass is 16.5. The number of hydrogen-bond acceptors (Lipinski definition) is 4. The smallest absolute Gasteiger partial charge is 0.330 e. The zero-order chi connectivity index (χ0) is 14.9. The molecule has 108 valence electrons. The van der Waals surface area contributed by atoms with Crippen LogP contribution in [0.1, 0.15) is 19.3 Å². The van der Waals surface area contributed by atoms with Crippen molar-refractivity contribution < 1.29 is 28.7 Å². The third kappa shape index (κ3) is 11.1. The lowest BCUT2D eigenvalue weighted by atomic mass is 10.2. The van der Waals surface area contributed by atoms with Crippen LogP contribution in [0.5, 0.6) is 0 Å². The topological polar surface area (TPSA) is 80.7 Å². The summed E-state index contributed by atoms with van der Waals surface area (Å²) in [7, 11) is 5.67. The number of likely N-dealkylation sites (N-methyl/N-ethyl adjacent to an activating group) is 1. The van der Waals surface area contributed by atoms with Crippen LogP contribution in [0.25, 0.3) is 0 Å². The second kappa shape index (κ2) is 8.42. The Morgan fingerprint density at radius 3 is 2.37 bits per heavy atom. The van der Waals surface area contributed by atoms with Crippen molar-refractivity contribution in [1.82, 2.24) is 0 Å². The first-order valence-corrected chi connectivity index (χ1v) is 6.07. The van der Waals surface area contributed by atoms with Crippen LogP contribution in [0.2, 0.25) is 0 Å². The predicted molar refractivity (Wildman–Crippen MR) is 69.5 cm³/mol. The maximum Gasteiger partial charge on any atom is 0.330 e. The van der Waals surface area contributed by atoms with E-state index in [1.54, 1.807) is 6.08 Å². The normalized spacial score (nSPS) is 13.2. The number of ether oxygens (including phenoxy) is 1. The average Bonchev–Trinajstić information content (AvgIpc) is 2.20. The molecule has 19 heavy (non-hydrogen) atoms. The van der Waals surface area contributed by atoms with E-state index < -0.39 is 18.0 Å². The van der Waals surface area contributed by atoms with E-state index in [0.717, 1.165) is 6.29 Å². The van der Waals surface area contributed by atoms with Crippen LogP contribution in [0, 0.1) is 0 Å². The van der Waals surface area contributed by atoms with Crippen molar-refractivity contribution in [2.45, 2.75) is 25.4 Å². The van der Waals surface area contributed by atoms with Crippen LogP contribution in [0.15, 0.2) is 12.2 Å². The van der Waals surface area contributed by atoms with Crippen LogP contribution < -0.4 is 0 Å². The van der Waals surface area contributed by atoms with Crippen molar-refractivity contribution in [1.29, 1.82) is 0 Å². The molecule has 0 spiro atoms. The molecule has 0 aliphatic heterocycles. The van der Waals surface area contributed by atoms with Gasteiger partial charge in [-0.15, -0.1) is 0 Å². The third-order valence-electron chi connectivity index (χ3n) is 2.14. The van der Waals surface area contributed by atoms with Gasteiger partial charge in [0.15, 0.2) is 6.10 Å². The number of unbranched alkanes of at least 4 members (excludes halogenated alkanes) is 1. The molecule has 0 amide bonds. The Morgan fingerprint density at radius 2 is 1.89 bits per heavy atom. The zero-order valence-corrected chi connectivity index (χ0v) is 11.7. The maximum absolute atomic E-state index is 11.5. The van der Waals surface area contributed by atoms with E-state index in [-0.39, 0.29) is 6.42 Å². The first kappa shape index (κ1) is 17.3. The average molecular weight is 272 g/mol. The van der Waals surface area contributed by atoms with E-state index in [2.05, 4.69) is 0 Å². The summed E-state index contributed by atoms with van der Waals surface area (Å²) in [6, 6.07) is 0. The Morgan fingerprint density at radius 1 is 1.26 bits per heavy atom. The number of carbonyl (C=O) groups is 3. The van der Waals surface area contributed by atoms with Crippen LogP contribution in [-0.2, 0) is 19.1 Å². The van der Waals surface area contributed by atoms with Crippen LogP contribution in [0.4, 0.5) is 0 Å². The molecule has 0 saturated carbocycles. The number of quaternary nitrogens is 1. The summed E-state index contributed by atoms with van der Waals surface area (Å²) < 4.78 is 5.61. The minimum Gasteiger partial charge on any atom is -0.481 e. The van der Waals surface area contributed by atoms with Crippen molar-refractivity contribution in [2.75, 3.05) is 27.7 Å². The Kier molecular flexibility index (Phi) is 7.67. The van der Waals surface area contributed by atoms with Gasteiger partial charge >= 0.3 is 11.9 Å². The quantitative estimate of drug-likeness (QED) is 0.219. The summed E-state index contributed by atoms with van der Waals surface area (Å²) in [5, 5.41) is 8.78. The number of allylic oxidation sites excluding steroid dienone is 1. The Balaban J connectivity index is 4.38. The van der Waals surface area contributed by atoms with Gasteiger partial charge < -0.3 is 19.1 Å². The fraction of sp³-hybridized carbons (Fsp3) is 0.615. The third-order valence-corrected chi connectivity index (χ3v) is 2.14. The van der Waals surface area contributed by atoms with Gasteiger partial charge in [-0.25, -0.2) is 4.79 Å². The minimum atomic E-state index is -1.00. The number of carbonyl (C=O) groups excluding carboxylic acids is 2. The summed E-state index contributed by atoms with van der Waals surface area (Å²) in [6.07, 6.45) is 3.47. The number of esters is 1. The molecule has 0 aliphatic carbocycles. The van der Waals surface area contributed by atoms with E-state index in [1.165, 1.54) is 6.08 Å². The summed E-state index contributed by atoms with van der Waals surface area (Å²) >= 11 is 0. The second-order valence-corrected chi connectivity index (χ2v) is 5.28. The number of carboxylic acid groups (broad SMARTS) is 1. The molecule has 0 saturated heterocycles. The van der Waals surface area contributed by atoms with E-state index >= 15 is 0 Å². The number of rotatable bonds is 9. The molecule has 1 atom stereocenters. The van der Waals surface area contributed by atoms with Crippen molar-refractivity contribution in [3.05, 3.63) is 12.2 Å². The van der Waals surface area contributed by atoms with Crippen molar-refractivity contribution in [2.24, 2.45) is 0 Å². The van der Waals surface area contributed by atoms with Crippen molar-refractivity contribution >= 4 is 18.2 Å².